The van der Waals surface area contributed by atoms with Gasteiger partial charge >= 0.3 is 5.97 Å². The van der Waals surface area contributed by atoms with Crippen molar-refractivity contribution >= 4 is 41.4 Å². The molecule has 0 radical (unpaired) electrons. The van der Waals surface area contributed by atoms with E-state index >= 15 is 0 Å². The van der Waals surface area contributed by atoms with Gasteiger partial charge in [-0.2, -0.15) is 0 Å². The van der Waals surface area contributed by atoms with E-state index in [-0.39, 0.29) is 58.5 Å². The molecule has 1 fully saturated rings. The number of amides is 6. The number of fused-ring (bicyclic) bond motifs is 3. The van der Waals surface area contributed by atoms with E-state index in [0.717, 1.165) is 34.4 Å². The smallest absolute Gasteiger partial charge is 0.344 e. The Morgan fingerprint density at radius 2 is 1.54 bits per heavy atom. The summed E-state index contributed by atoms with van der Waals surface area (Å²) in [4.78, 5) is 95.9. The third kappa shape index (κ3) is 15.1. The van der Waals surface area contributed by atoms with Crippen LogP contribution in [0.2, 0.25) is 0 Å². The van der Waals surface area contributed by atoms with Gasteiger partial charge in [-0.1, -0.05) is 91.0 Å². The van der Waals surface area contributed by atoms with Crippen molar-refractivity contribution < 1.29 is 48.1 Å². The Morgan fingerprint density at radius 3 is 2.25 bits per heavy atom. The molecule has 4 aromatic carbocycles. The Balaban J connectivity index is 1.29. The van der Waals surface area contributed by atoms with Gasteiger partial charge in [0.1, 0.15) is 17.8 Å². The summed E-state index contributed by atoms with van der Waals surface area (Å²) in [6.07, 6.45) is 2.46. The van der Waals surface area contributed by atoms with Crippen LogP contribution in [0.15, 0.2) is 115 Å². The Hall–Kier alpha value is -7.37. The lowest BCUT2D eigenvalue weighted by atomic mass is 9.74. The standard InChI is InChI=1S/C52H61N7O10/c1-35(50(65)66)69-42-18-16-39(17-19-42)38-14-12-36(13-15-38)30-44-49(64)56-33-41-11-6-5-10-40(41)31-46(61)57-43(48(63)55-26-29-68-28-24-53)22-25-54-45(60)20-21-47(62)59-27-7-23-52(34-59,51(67)58-44)32-37-8-3-2-4-9-37/h2-6,8-21,35,43-44H,7,22-34,53H2,1H3,(H,54,60)(H,55,63)(H,56,64)(H,57,61)(H,58,67)(H,65,66)/b21-20+/t35-,43-,44-,52-/m0/s1. The zero-order valence-corrected chi connectivity index (χ0v) is 38.7. The van der Waals surface area contributed by atoms with Crippen molar-refractivity contribution in [3.8, 4) is 16.9 Å². The zero-order chi connectivity index (χ0) is 49.2. The average Bonchev–Trinajstić information content (AvgIpc) is 3.35. The summed E-state index contributed by atoms with van der Waals surface area (Å²) in [5.74, 6) is -3.53. The van der Waals surface area contributed by atoms with Gasteiger partial charge in [-0.3, -0.25) is 28.8 Å². The molecule has 8 N–H and O–H groups in total. The van der Waals surface area contributed by atoms with Crippen LogP contribution in [-0.4, -0.2) is 116 Å². The van der Waals surface area contributed by atoms with Crippen LogP contribution >= 0.6 is 0 Å². The number of carbonyl (C=O) groups is 7. The van der Waals surface area contributed by atoms with Crippen LogP contribution in [0.25, 0.3) is 11.1 Å². The highest BCUT2D eigenvalue weighted by Crippen LogP contribution is 2.35. The second-order valence-electron chi connectivity index (χ2n) is 17.2. The molecule has 0 aromatic heterocycles. The number of nitrogens with one attached hydrogen (secondary N) is 5. The quantitative estimate of drug-likeness (QED) is 0.0906. The molecule has 2 bridgehead atoms. The van der Waals surface area contributed by atoms with Crippen LogP contribution in [0.4, 0.5) is 0 Å². The van der Waals surface area contributed by atoms with E-state index < -0.39 is 65.0 Å². The Labute approximate surface area is 401 Å². The SMILES string of the molecule is C[C@H](Oc1ccc(-c2ccc(C[C@@H]3NC(=O)[C@]4(Cc5ccccc5)CCCN(C4)C(=O)/C=C/C(=O)NCC[C@@H](C(=O)NCCOCCN)NC(=O)Cc4ccccc4CNC3=O)cc2)cc1)C(=O)O. The second-order valence-corrected chi connectivity index (χ2v) is 17.2. The maximum absolute atomic E-state index is 14.9. The lowest BCUT2D eigenvalue weighted by Gasteiger charge is -2.42. The second kappa shape index (κ2) is 25.1. The molecule has 2 heterocycles. The number of rotatable bonds is 14. The van der Waals surface area contributed by atoms with Gasteiger partial charge in [0.05, 0.1) is 25.0 Å². The molecule has 0 aliphatic carbocycles. The van der Waals surface area contributed by atoms with Crippen molar-refractivity contribution in [2.75, 3.05) is 45.9 Å². The lowest BCUT2D eigenvalue weighted by molar-refractivity contribution is -0.144. The first-order valence-electron chi connectivity index (χ1n) is 23.2. The maximum Gasteiger partial charge on any atom is 0.344 e. The topological polar surface area (TPSA) is 248 Å². The Morgan fingerprint density at radius 1 is 0.841 bits per heavy atom. The normalized spacial score (nSPS) is 20.6. The molecule has 4 atom stereocenters. The van der Waals surface area contributed by atoms with E-state index in [4.69, 9.17) is 15.2 Å². The number of benzene rings is 4. The zero-order valence-electron chi connectivity index (χ0n) is 38.7. The molecule has 17 heteroatoms. The number of carbonyl (C=O) groups excluding carboxylic acids is 6. The fourth-order valence-corrected chi connectivity index (χ4v) is 8.39. The average molecular weight is 944 g/mol. The highest BCUT2D eigenvalue weighted by molar-refractivity contribution is 5.97. The van der Waals surface area contributed by atoms with E-state index in [0.29, 0.717) is 49.4 Å². The van der Waals surface area contributed by atoms with E-state index in [1.165, 1.54) is 6.92 Å². The number of ether oxygens (including phenoxy) is 2. The summed E-state index contributed by atoms with van der Waals surface area (Å²) in [5, 5.41) is 23.6. The number of nitrogens with zero attached hydrogens (tertiary/aromatic N) is 1. The van der Waals surface area contributed by atoms with E-state index in [1.807, 2.05) is 66.7 Å². The number of hydrogen-bond acceptors (Lipinski definition) is 10. The first kappa shape index (κ1) is 51.0. The highest BCUT2D eigenvalue weighted by atomic mass is 16.5. The maximum atomic E-state index is 14.9. The van der Waals surface area contributed by atoms with Gasteiger partial charge in [-0.25, -0.2) is 4.79 Å². The summed E-state index contributed by atoms with van der Waals surface area (Å²) < 4.78 is 10.8. The molecule has 0 spiro atoms. The van der Waals surface area contributed by atoms with Crippen molar-refractivity contribution in [2.45, 2.75) is 70.2 Å². The first-order chi connectivity index (χ1) is 33.3. The van der Waals surface area contributed by atoms with Crippen LogP contribution in [0.5, 0.6) is 5.75 Å². The molecule has 1 saturated heterocycles. The number of carboxylic acid groups (broad SMARTS) is 1. The summed E-state index contributed by atoms with van der Waals surface area (Å²) in [5.41, 5.74) is 8.92. The predicted molar refractivity (Wildman–Crippen MR) is 257 cm³/mol. The highest BCUT2D eigenvalue weighted by Gasteiger charge is 2.44. The van der Waals surface area contributed by atoms with Crippen molar-refractivity contribution in [1.29, 1.82) is 0 Å². The number of aliphatic carboxylic acids is 1. The number of piperidine rings is 1. The van der Waals surface area contributed by atoms with E-state index in [9.17, 15) is 38.7 Å². The largest absolute Gasteiger partial charge is 0.479 e. The number of hydrogen-bond donors (Lipinski definition) is 7. The Bertz CT molecular complexity index is 2450. The third-order valence-electron chi connectivity index (χ3n) is 12.1. The minimum Gasteiger partial charge on any atom is -0.479 e. The number of carboxylic acids is 1. The van der Waals surface area contributed by atoms with Gasteiger partial charge in [0, 0.05) is 57.8 Å². The van der Waals surface area contributed by atoms with Crippen LogP contribution in [0.3, 0.4) is 0 Å². The lowest BCUT2D eigenvalue weighted by Crippen LogP contribution is -2.58. The fourth-order valence-electron chi connectivity index (χ4n) is 8.39. The van der Waals surface area contributed by atoms with Crippen molar-refractivity contribution in [3.63, 3.8) is 0 Å². The monoisotopic (exact) mass is 943 g/mol. The van der Waals surface area contributed by atoms with Gasteiger partial charge in [-0.15, -0.1) is 0 Å². The van der Waals surface area contributed by atoms with Crippen LogP contribution in [-0.2, 0) is 64.1 Å². The van der Waals surface area contributed by atoms with E-state index in [2.05, 4.69) is 26.6 Å². The van der Waals surface area contributed by atoms with Gasteiger partial charge in [-0.05, 0) is 78.1 Å². The molecular formula is C52H61N7O10. The predicted octanol–water partition coefficient (Wildman–Crippen LogP) is 2.60. The first-order valence-corrected chi connectivity index (χ1v) is 23.2. The summed E-state index contributed by atoms with van der Waals surface area (Å²) in [6.45, 7) is 2.87. The molecule has 17 nitrogen and oxygen atoms in total. The molecule has 0 saturated carbocycles. The molecule has 6 amide bonds. The van der Waals surface area contributed by atoms with Crippen molar-refractivity contribution in [1.82, 2.24) is 31.5 Å². The molecule has 0 unspecified atom stereocenters. The molecular weight excluding hydrogens is 883 g/mol. The summed E-state index contributed by atoms with van der Waals surface area (Å²) in [7, 11) is 0. The van der Waals surface area contributed by atoms with Gasteiger partial charge < -0.3 is 51.8 Å². The van der Waals surface area contributed by atoms with Crippen LogP contribution < -0.4 is 37.1 Å². The minimum atomic E-state index is -1.14. The van der Waals surface area contributed by atoms with Gasteiger partial charge in [0.25, 0.3) is 0 Å². The van der Waals surface area contributed by atoms with Crippen LogP contribution in [0, 0.1) is 5.41 Å². The molecule has 6 rings (SSSR count). The van der Waals surface area contributed by atoms with Crippen LogP contribution in [0.1, 0.15) is 48.4 Å². The van der Waals surface area contributed by atoms with E-state index in [1.54, 1.807) is 41.3 Å². The molecule has 69 heavy (non-hydrogen) atoms. The van der Waals surface area contributed by atoms with Crippen molar-refractivity contribution in [2.24, 2.45) is 11.1 Å². The number of nitrogens with two attached hydrogens (primary N) is 1. The minimum absolute atomic E-state index is 0.00193. The van der Waals surface area contributed by atoms with Gasteiger partial charge in [0.15, 0.2) is 6.10 Å². The summed E-state index contributed by atoms with van der Waals surface area (Å²) in [6, 6.07) is 29.0. The van der Waals surface area contributed by atoms with Gasteiger partial charge in [0.2, 0.25) is 35.4 Å². The molecule has 2 aliphatic heterocycles. The third-order valence-corrected chi connectivity index (χ3v) is 12.1. The molecule has 4 aromatic rings. The fraction of sp³-hybridized carbons (Fsp3) is 0.365. The summed E-state index contributed by atoms with van der Waals surface area (Å²) >= 11 is 0. The van der Waals surface area contributed by atoms with Crippen molar-refractivity contribution in [3.05, 3.63) is 138 Å². The molecule has 364 valence electrons. The molecule has 2 aliphatic rings. The Kier molecular flexibility index (Phi) is 18.6.